The van der Waals surface area contributed by atoms with Gasteiger partial charge >= 0.3 is 5.97 Å². The largest absolute Gasteiger partial charge is 0.466 e. The van der Waals surface area contributed by atoms with Crippen LogP contribution in [-0.4, -0.2) is 59.5 Å². The van der Waals surface area contributed by atoms with Crippen LogP contribution in [-0.2, 0) is 27.2 Å². The van der Waals surface area contributed by atoms with Gasteiger partial charge in [0.2, 0.25) is 5.91 Å². The summed E-state index contributed by atoms with van der Waals surface area (Å²) in [5, 5.41) is 0. The topological polar surface area (TPSA) is 75.6 Å². The summed E-state index contributed by atoms with van der Waals surface area (Å²) in [6.45, 7) is 10.9. The minimum atomic E-state index is -0.316. The Morgan fingerprint density at radius 1 is 0.969 bits per heavy atom. The number of piperazine rings is 1. The third kappa shape index (κ3) is 6.05. The Morgan fingerprint density at radius 3 is 2.28 bits per heavy atom. The maximum atomic E-state index is 12.5. The lowest BCUT2D eigenvalue weighted by molar-refractivity contribution is -0.145. The first-order chi connectivity index (χ1) is 15.4. The van der Waals surface area contributed by atoms with Gasteiger partial charge in [-0.2, -0.15) is 0 Å². The average molecular weight is 439 g/mol. The highest BCUT2D eigenvalue weighted by molar-refractivity contribution is 5.81. The van der Waals surface area contributed by atoms with Gasteiger partial charge in [-0.3, -0.25) is 9.59 Å². The Bertz CT molecular complexity index is 935. The van der Waals surface area contributed by atoms with E-state index >= 15 is 0 Å². The summed E-state index contributed by atoms with van der Waals surface area (Å²) in [4.78, 5) is 37.7. The first kappa shape index (κ1) is 23.7. The number of hydrogen-bond acceptors (Lipinski definition) is 6. The third-order valence-corrected chi connectivity index (χ3v) is 5.80. The van der Waals surface area contributed by atoms with Crippen molar-refractivity contribution in [2.24, 2.45) is 0 Å². The molecule has 0 radical (unpaired) electrons. The van der Waals surface area contributed by atoms with Gasteiger partial charge in [-0.1, -0.05) is 36.8 Å². The van der Waals surface area contributed by atoms with E-state index in [9.17, 15) is 9.59 Å². The van der Waals surface area contributed by atoms with Crippen molar-refractivity contribution in [2.45, 2.75) is 53.4 Å². The van der Waals surface area contributed by atoms with Gasteiger partial charge < -0.3 is 14.5 Å². The third-order valence-electron chi connectivity index (χ3n) is 5.80. The molecule has 2 heterocycles. The summed E-state index contributed by atoms with van der Waals surface area (Å²) in [5.41, 5.74) is 4.74. The van der Waals surface area contributed by atoms with Crippen LogP contribution >= 0.6 is 0 Å². The molecule has 32 heavy (non-hydrogen) atoms. The smallest absolute Gasteiger partial charge is 0.306 e. The molecule has 1 amide bonds. The van der Waals surface area contributed by atoms with Crippen molar-refractivity contribution in [2.75, 3.05) is 37.7 Å². The van der Waals surface area contributed by atoms with E-state index in [1.54, 1.807) is 6.92 Å². The molecule has 1 fully saturated rings. The molecule has 0 aliphatic carbocycles. The van der Waals surface area contributed by atoms with Crippen molar-refractivity contribution >= 4 is 17.7 Å². The Morgan fingerprint density at radius 2 is 1.66 bits per heavy atom. The number of esters is 1. The molecule has 7 nitrogen and oxygen atoms in total. The van der Waals surface area contributed by atoms with E-state index in [0.29, 0.717) is 32.8 Å². The quantitative estimate of drug-likeness (QED) is 0.589. The van der Waals surface area contributed by atoms with E-state index in [0.717, 1.165) is 30.2 Å². The molecule has 1 aliphatic heterocycles. The lowest BCUT2D eigenvalue weighted by atomic mass is 10.0. The molecule has 172 valence electrons. The molecule has 0 N–H and O–H groups in total. The van der Waals surface area contributed by atoms with E-state index in [4.69, 9.17) is 14.7 Å². The number of benzene rings is 1. The number of carbonyl (C=O) groups excluding carboxylic acids is 2. The Balaban J connectivity index is 1.71. The maximum absolute atomic E-state index is 12.5. The Labute approximate surface area is 190 Å². The van der Waals surface area contributed by atoms with Crippen molar-refractivity contribution in [3.8, 4) is 0 Å². The van der Waals surface area contributed by atoms with Gasteiger partial charge in [0.05, 0.1) is 13.0 Å². The van der Waals surface area contributed by atoms with Gasteiger partial charge in [0.1, 0.15) is 11.6 Å². The highest BCUT2D eigenvalue weighted by atomic mass is 16.5. The van der Waals surface area contributed by atoms with E-state index in [2.05, 4.69) is 43.0 Å². The predicted octanol–water partition coefficient (Wildman–Crippen LogP) is 3.24. The van der Waals surface area contributed by atoms with Crippen LogP contribution in [0, 0.1) is 13.8 Å². The lowest BCUT2D eigenvalue weighted by Gasteiger charge is -2.36. The number of aryl methyl sites for hydroxylation is 3. The molecule has 7 heteroatoms. The first-order valence-corrected chi connectivity index (χ1v) is 11.5. The number of rotatable bonds is 8. The number of ether oxygens (including phenoxy) is 1. The fourth-order valence-corrected chi connectivity index (χ4v) is 4.05. The summed E-state index contributed by atoms with van der Waals surface area (Å²) in [6.07, 6.45) is 1.98. The molecular weight excluding hydrogens is 404 g/mol. The van der Waals surface area contributed by atoms with Crippen LogP contribution in [0.3, 0.4) is 0 Å². The number of hydrogen-bond donors (Lipinski definition) is 0. The molecule has 1 aromatic carbocycles. The van der Waals surface area contributed by atoms with E-state index < -0.39 is 0 Å². The lowest BCUT2D eigenvalue weighted by Crippen LogP contribution is -2.49. The molecule has 0 unspecified atom stereocenters. The zero-order valence-electron chi connectivity index (χ0n) is 19.7. The molecule has 0 bridgehead atoms. The number of carbonyl (C=O) groups is 2. The van der Waals surface area contributed by atoms with Crippen molar-refractivity contribution in [3.05, 3.63) is 52.5 Å². The van der Waals surface area contributed by atoms with Gasteiger partial charge in [0.25, 0.3) is 0 Å². The summed E-state index contributed by atoms with van der Waals surface area (Å²) in [6, 6.07) is 8.60. The second kappa shape index (κ2) is 11.1. The molecule has 0 spiro atoms. The summed E-state index contributed by atoms with van der Waals surface area (Å²) < 4.78 is 4.92. The molecule has 1 saturated heterocycles. The molecule has 1 aliphatic rings. The van der Waals surface area contributed by atoms with Crippen molar-refractivity contribution < 1.29 is 14.3 Å². The van der Waals surface area contributed by atoms with Crippen molar-refractivity contribution in [1.82, 2.24) is 14.9 Å². The van der Waals surface area contributed by atoms with E-state index in [1.165, 1.54) is 16.7 Å². The highest BCUT2D eigenvalue weighted by Gasteiger charge is 2.25. The molecule has 1 aromatic heterocycles. The fraction of sp³-hybridized carbons (Fsp3) is 0.520. The molecule has 2 aromatic rings. The normalized spacial score (nSPS) is 13.9. The standard InChI is InChI=1S/C25H34N4O3/c1-5-22-21(17-20-9-7-18(3)8-10-20)25(27-19(4)26-22)29-15-13-28(14-16-29)23(30)11-12-24(31)32-6-2/h7-10H,5-6,11-17H2,1-4H3. The Hall–Kier alpha value is -2.96. The SMILES string of the molecule is CCOC(=O)CCC(=O)N1CCN(c2nc(C)nc(CC)c2Cc2ccc(C)cc2)CC1. The zero-order chi connectivity index (χ0) is 23.1. The second-order valence-electron chi connectivity index (χ2n) is 8.21. The Kier molecular flexibility index (Phi) is 8.20. The molecule has 3 rings (SSSR count). The predicted molar refractivity (Wildman–Crippen MR) is 125 cm³/mol. The van der Waals surface area contributed by atoms with Crippen LogP contribution < -0.4 is 4.90 Å². The van der Waals surface area contributed by atoms with Gasteiger partial charge in [-0.05, 0) is 32.8 Å². The minimum absolute atomic E-state index is 0.00528. The summed E-state index contributed by atoms with van der Waals surface area (Å²) in [7, 11) is 0. The van der Waals surface area contributed by atoms with Gasteiger partial charge in [0.15, 0.2) is 0 Å². The van der Waals surface area contributed by atoms with Crippen LogP contribution in [0.4, 0.5) is 5.82 Å². The summed E-state index contributed by atoms with van der Waals surface area (Å²) in [5.74, 6) is 1.44. The van der Waals surface area contributed by atoms with Crippen molar-refractivity contribution in [3.63, 3.8) is 0 Å². The summed E-state index contributed by atoms with van der Waals surface area (Å²) >= 11 is 0. The van der Waals surface area contributed by atoms with Crippen LogP contribution in [0.25, 0.3) is 0 Å². The zero-order valence-corrected chi connectivity index (χ0v) is 19.7. The van der Waals surface area contributed by atoms with Crippen LogP contribution in [0.1, 0.15) is 54.9 Å². The number of anilines is 1. The number of aromatic nitrogens is 2. The van der Waals surface area contributed by atoms with E-state index in [-0.39, 0.29) is 24.7 Å². The van der Waals surface area contributed by atoms with Gasteiger partial charge in [-0.25, -0.2) is 9.97 Å². The average Bonchev–Trinajstić information content (AvgIpc) is 2.80. The van der Waals surface area contributed by atoms with E-state index in [1.807, 2.05) is 11.8 Å². The minimum Gasteiger partial charge on any atom is -0.466 e. The number of amides is 1. The molecule has 0 saturated carbocycles. The second-order valence-corrected chi connectivity index (χ2v) is 8.21. The number of nitrogens with zero attached hydrogens (tertiary/aromatic N) is 4. The molecular formula is C25H34N4O3. The fourth-order valence-electron chi connectivity index (χ4n) is 4.05. The van der Waals surface area contributed by atoms with Crippen LogP contribution in [0.5, 0.6) is 0 Å². The first-order valence-electron chi connectivity index (χ1n) is 11.5. The van der Waals surface area contributed by atoms with Gasteiger partial charge in [0, 0.05) is 50.3 Å². The van der Waals surface area contributed by atoms with Gasteiger partial charge in [-0.15, -0.1) is 0 Å². The highest BCUT2D eigenvalue weighted by Crippen LogP contribution is 2.26. The van der Waals surface area contributed by atoms with Crippen LogP contribution in [0.15, 0.2) is 24.3 Å². The molecule has 0 atom stereocenters. The van der Waals surface area contributed by atoms with Crippen LogP contribution in [0.2, 0.25) is 0 Å². The monoisotopic (exact) mass is 438 g/mol. The maximum Gasteiger partial charge on any atom is 0.306 e. The van der Waals surface area contributed by atoms with Crippen molar-refractivity contribution in [1.29, 1.82) is 0 Å².